The number of thioether (sulfide) groups is 1. The molecule has 1 aliphatic heterocycles. The minimum atomic E-state index is -0.0928. The van der Waals surface area contributed by atoms with Crippen LogP contribution in [0, 0.1) is 6.92 Å². The maximum atomic E-state index is 13.0. The monoisotopic (exact) mass is 389 g/mol. The third-order valence-electron chi connectivity index (χ3n) is 5.45. The first kappa shape index (κ1) is 18.2. The summed E-state index contributed by atoms with van der Waals surface area (Å²) in [6, 6.07) is 0. The minimum absolute atomic E-state index is 0.0928. The summed E-state index contributed by atoms with van der Waals surface area (Å²) >= 11 is 3.47. The number of amides is 1. The highest BCUT2D eigenvalue weighted by Gasteiger charge is 2.26. The molecule has 0 spiro atoms. The van der Waals surface area contributed by atoms with Gasteiger partial charge in [0.25, 0.3) is 0 Å². The lowest BCUT2D eigenvalue weighted by Crippen LogP contribution is -2.37. The van der Waals surface area contributed by atoms with Crippen LogP contribution in [0.25, 0.3) is 10.2 Å². The number of likely N-dealkylation sites (tertiary alicyclic amines) is 1. The van der Waals surface area contributed by atoms with Gasteiger partial charge in [-0.25, -0.2) is 9.97 Å². The maximum Gasteiger partial charge on any atom is 0.235 e. The third kappa shape index (κ3) is 3.63. The summed E-state index contributed by atoms with van der Waals surface area (Å²) in [4.78, 5) is 27.1. The molecule has 1 aliphatic carbocycles. The highest BCUT2D eigenvalue weighted by molar-refractivity contribution is 8.00. The Balaban J connectivity index is 1.61. The summed E-state index contributed by atoms with van der Waals surface area (Å²) in [5.74, 6) is 1.08. The average Bonchev–Trinajstić information content (AvgIpc) is 2.80. The Kier molecular flexibility index (Phi) is 5.50. The van der Waals surface area contributed by atoms with Crippen molar-refractivity contribution < 1.29 is 4.79 Å². The van der Waals surface area contributed by atoms with E-state index in [-0.39, 0.29) is 11.2 Å². The second-order valence-corrected chi connectivity index (χ2v) is 9.88. The molecule has 2 aliphatic rings. The summed E-state index contributed by atoms with van der Waals surface area (Å²) in [7, 11) is 0. The van der Waals surface area contributed by atoms with Crippen molar-refractivity contribution in [3.8, 4) is 0 Å². The normalized spacial score (nSPS) is 19.2. The zero-order chi connectivity index (χ0) is 18.1. The molecule has 1 saturated heterocycles. The van der Waals surface area contributed by atoms with Crippen LogP contribution in [0.1, 0.15) is 61.7 Å². The van der Waals surface area contributed by atoms with E-state index < -0.39 is 0 Å². The predicted octanol–water partition coefficient (Wildman–Crippen LogP) is 4.76. The molecule has 140 valence electrons. The third-order valence-corrected chi connectivity index (χ3v) is 7.71. The molecule has 3 heterocycles. The van der Waals surface area contributed by atoms with E-state index in [2.05, 4.69) is 4.90 Å². The summed E-state index contributed by atoms with van der Waals surface area (Å²) in [5, 5.41) is 2.16. The quantitative estimate of drug-likeness (QED) is 0.561. The largest absolute Gasteiger partial charge is 0.342 e. The molecule has 1 amide bonds. The first-order valence-corrected chi connectivity index (χ1v) is 11.6. The Morgan fingerprint density at radius 2 is 1.81 bits per heavy atom. The van der Waals surface area contributed by atoms with Crippen molar-refractivity contribution in [2.75, 3.05) is 13.1 Å². The van der Waals surface area contributed by atoms with Crippen LogP contribution in [0.4, 0.5) is 0 Å². The Labute approximate surface area is 163 Å². The molecule has 0 aromatic carbocycles. The maximum absolute atomic E-state index is 13.0. The first-order chi connectivity index (χ1) is 12.6. The predicted molar refractivity (Wildman–Crippen MR) is 109 cm³/mol. The molecular weight excluding hydrogens is 362 g/mol. The highest BCUT2D eigenvalue weighted by atomic mass is 32.2. The second kappa shape index (κ2) is 7.85. The number of fused-ring (bicyclic) bond motifs is 3. The van der Waals surface area contributed by atoms with Gasteiger partial charge in [-0.15, -0.1) is 11.3 Å². The number of rotatable bonds is 3. The van der Waals surface area contributed by atoms with Gasteiger partial charge in [-0.2, -0.15) is 0 Å². The van der Waals surface area contributed by atoms with E-state index in [0.29, 0.717) is 0 Å². The fourth-order valence-electron chi connectivity index (χ4n) is 4.08. The van der Waals surface area contributed by atoms with E-state index in [1.165, 1.54) is 47.9 Å². The van der Waals surface area contributed by atoms with Gasteiger partial charge in [0.05, 0.1) is 5.25 Å². The van der Waals surface area contributed by atoms with E-state index in [0.717, 1.165) is 48.0 Å². The van der Waals surface area contributed by atoms with Crippen molar-refractivity contribution in [1.29, 1.82) is 0 Å². The molecule has 2 aromatic heterocycles. The van der Waals surface area contributed by atoms with Gasteiger partial charge < -0.3 is 4.90 Å². The average molecular weight is 390 g/mol. The van der Waals surface area contributed by atoms with Crippen LogP contribution >= 0.6 is 23.1 Å². The zero-order valence-corrected chi connectivity index (χ0v) is 17.3. The lowest BCUT2D eigenvalue weighted by molar-refractivity contribution is -0.130. The number of hydrogen-bond acceptors (Lipinski definition) is 5. The van der Waals surface area contributed by atoms with Gasteiger partial charge in [-0.05, 0) is 57.9 Å². The van der Waals surface area contributed by atoms with Crippen molar-refractivity contribution in [2.24, 2.45) is 0 Å². The molecule has 4 nitrogen and oxygen atoms in total. The molecule has 4 rings (SSSR count). The van der Waals surface area contributed by atoms with Gasteiger partial charge in [-0.3, -0.25) is 4.79 Å². The Morgan fingerprint density at radius 3 is 2.58 bits per heavy atom. The molecular formula is C20H27N3OS2. The number of hydrogen-bond donors (Lipinski definition) is 0. The van der Waals surface area contributed by atoms with Gasteiger partial charge in [0.15, 0.2) is 0 Å². The van der Waals surface area contributed by atoms with Gasteiger partial charge in [0.2, 0.25) is 5.91 Å². The lowest BCUT2D eigenvalue weighted by Gasteiger charge is -2.24. The summed E-state index contributed by atoms with van der Waals surface area (Å²) in [6.07, 6.45) is 9.59. The fourth-order valence-corrected chi connectivity index (χ4v) is 6.56. The van der Waals surface area contributed by atoms with Crippen LogP contribution in [-0.2, 0) is 17.6 Å². The Morgan fingerprint density at radius 1 is 1.08 bits per heavy atom. The van der Waals surface area contributed by atoms with Crippen LogP contribution in [-0.4, -0.2) is 39.1 Å². The summed E-state index contributed by atoms with van der Waals surface area (Å²) < 4.78 is 0. The number of thiophene rings is 1. The highest BCUT2D eigenvalue weighted by Crippen LogP contribution is 2.40. The van der Waals surface area contributed by atoms with Gasteiger partial charge in [-0.1, -0.05) is 24.6 Å². The van der Waals surface area contributed by atoms with Crippen molar-refractivity contribution in [3.63, 3.8) is 0 Å². The molecule has 1 atom stereocenters. The van der Waals surface area contributed by atoms with Gasteiger partial charge >= 0.3 is 0 Å². The van der Waals surface area contributed by atoms with Gasteiger partial charge in [0, 0.05) is 23.4 Å². The van der Waals surface area contributed by atoms with Crippen molar-refractivity contribution in [1.82, 2.24) is 14.9 Å². The topological polar surface area (TPSA) is 46.1 Å². The number of carbonyl (C=O) groups excluding carboxylic acids is 1. The van der Waals surface area contributed by atoms with E-state index in [9.17, 15) is 4.79 Å². The van der Waals surface area contributed by atoms with E-state index >= 15 is 0 Å². The minimum Gasteiger partial charge on any atom is -0.342 e. The van der Waals surface area contributed by atoms with Crippen molar-refractivity contribution >= 4 is 39.2 Å². The molecule has 6 heteroatoms. The zero-order valence-electron chi connectivity index (χ0n) is 15.7. The number of nitrogens with zero attached hydrogens (tertiary/aromatic N) is 3. The van der Waals surface area contributed by atoms with Crippen molar-refractivity contribution in [3.05, 3.63) is 16.3 Å². The van der Waals surface area contributed by atoms with Crippen molar-refractivity contribution in [2.45, 2.75) is 75.5 Å². The van der Waals surface area contributed by atoms with E-state index in [1.54, 1.807) is 11.8 Å². The molecule has 0 saturated carbocycles. The second-order valence-electron chi connectivity index (χ2n) is 7.47. The van der Waals surface area contributed by atoms with Crippen LogP contribution in [0.2, 0.25) is 0 Å². The summed E-state index contributed by atoms with van der Waals surface area (Å²) in [5.41, 5.74) is 1.45. The van der Waals surface area contributed by atoms with Crippen LogP contribution in [0.5, 0.6) is 0 Å². The van der Waals surface area contributed by atoms with Gasteiger partial charge in [0.1, 0.15) is 15.7 Å². The first-order valence-electron chi connectivity index (χ1n) is 9.88. The molecule has 0 radical (unpaired) electrons. The standard InChI is InChI=1S/C20H27N3OS2/c1-13(20(24)23-11-7-3-4-8-12-23)25-18-17-15-9-5-6-10-16(15)26-19(17)22-14(2)21-18/h13H,3-12H2,1-2H3/t13-/m0/s1. The molecule has 0 bridgehead atoms. The van der Waals surface area contributed by atoms with E-state index in [1.807, 2.05) is 25.2 Å². The molecule has 0 unspecified atom stereocenters. The van der Waals surface area contributed by atoms with Crippen LogP contribution in [0.15, 0.2) is 5.03 Å². The Hall–Kier alpha value is -1.14. The van der Waals surface area contributed by atoms with Crippen LogP contribution in [0.3, 0.4) is 0 Å². The molecule has 0 N–H and O–H groups in total. The molecule has 2 aromatic rings. The molecule has 1 fully saturated rings. The number of aryl methyl sites for hydroxylation is 3. The number of carbonyl (C=O) groups is 1. The smallest absolute Gasteiger partial charge is 0.235 e. The SMILES string of the molecule is Cc1nc(S[C@@H](C)C(=O)N2CCCCCC2)c2c3c(sc2n1)CCCC3. The number of aromatic nitrogens is 2. The Bertz CT molecular complexity index is 809. The van der Waals surface area contributed by atoms with E-state index in [4.69, 9.17) is 9.97 Å². The fraction of sp³-hybridized carbons (Fsp3) is 0.650. The summed E-state index contributed by atoms with van der Waals surface area (Å²) in [6.45, 7) is 5.83. The molecule has 26 heavy (non-hydrogen) atoms. The van der Waals surface area contributed by atoms with Crippen LogP contribution < -0.4 is 0 Å². The lowest BCUT2D eigenvalue weighted by atomic mass is 9.97.